The van der Waals surface area contributed by atoms with E-state index >= 15 is 0 Å². The molecule has 0 spiro atoms. The maximum Gasteiger partial charge on any atom is 0.225 e. The molecule has 2 aliphatic carbocycles. The minimum atomic E-state index is 0.403. The maximum atomic E-state index is 11.7. The number of nitrogens with zero attached hydrogens (tertiary/aromatic N) is 1. The molecule has 1 saturated heterocycles. The van der Waals surface area contributed by atoms with Gasteiger partial charge in [-0.1, -0.05) is 6.92 Å². The number of carbonyl (C=O) groups excluding carboxylic acids is 1. The van der Waals surface area contributed by atoms with Crippen molar-refractivity contribution in [2.24, 2.45) is 23.7 Å². The Morgan fingerprint density at radius 1 is 1.23 bits per heavy atom. The molecule has 1 heterocycles. The number of carbonyl (C=O) groups is 1. The van der Waals surface area contributed by atoms with E-state index in [1.54, 1.807) is 0 Å². The normalized spacial score (nSPS) is 38.7. The molecule has 1 amide bonds. The van der Waals surface area contributed by atoms with Crippen LogP contribution in [-0.4, -0.2) is 23.9 Å². The van der Waals surface area contributed by atoms with Gasteiger partial charge in [-0.2, -0.15) is 0 Å². The van der Waals surface area contributed by atoms with Gasteiger partial charge < -0.3 is 4.90 Å². The molecule has 72 valence electrons. The maximum absolute atomic E-state index is 11.7. The Morgan fingerprint density at radius 2 is 1.85 bits per heavy atom. The van der Waals surface area contributed by atoms with E-state index < -0.39 is 0 Å². The lowest BCUT2D eigenvalue weighted by molar-refractivity contribution is -0.139. The van der Waals surface area contributed by atoms with E-state index in [2.05, 4.69) is 11.8 Å². The van der Waals surface area contributed by atoms with E-state index in [0.29, 0.717) is 17.7 Å². The van der Waals surface area contributed by atoms with Crippen LogP contribution in [0.5, 0.6) is 0 Å². The van der Waals surface area contributed by atoms with Crippen molar-refractivity contribution in [2.45, 2.75) is 26.2 Å². The van der Waals surface area contributed by atoms with Crippen molar-refractivity contribution < 1.29 is 4.79 Å². The van der Waals surface area contributed by atoms with Crippen LogP contribution in [0.4, 0.5) is 0 Å². The fourth-order valence-corrected chi connectivity index (χ4v) is 2.46. The van der Waals surface area contributed by atoms with E-state index in [4.69, 9.17) is 0 Å². The van der Waals surface area contributed by atoms with Crippen LogP contribution in [0.2, 0.25) is 0 Å². The third kappa shape index (κ3) is 1.27. The number of rotatable bonds is 2. The zero-order valence-corrected chi connectivity index (χ0v) is 8.20. The molecule has 13 heavy (non-hydrogen) atoms. The quantitative estimate of drug-likeness (QED) is 0.629. The van der Waals surface area contributed by atoms with Gasteiger partial charge in [-0.3, -0.25) is 4.79 Å². The second kappa shape index (κ2) is 2.49. The molecule has 0 aromatic carbocycles. The minimum Gasteiger partial charge on any atom is -0.342 e. The highest BCUT2D eigenvalue weighted by molar-refractivity contribution is 5.82. The predicted molar refractivity (Wildman–Crippen MR) is 50.1 cm³/mol. The Hall–Kier alpha value is -0.530. The Balaban J connectivity index is 1.49. The van der Waals surface area contributed by atoms with Crippen LogP contribution in [0.1, 0.15) is 26.2 Å². The van der Waals surface area contributed by atoms with Gasteiger partial charge in [-0.25, -0.2) is 0 Å². The topological polar surface area (TPSA) is 20.3 Å². The Kier molecular flexibility index (Phi) is 1.50. The SMILES string of the molecule is CC1CC1C(=O)N1CC(C2CC2)C1. The summed E-state index contributed by atoms with van der Waals surface area (Å²) < 4.78 is 0. The van der Waals surface area contributed by atoms with E-state index in [9.17, 15) is 4.79 Å². The fourth-order valence-electron chi connectivity index (χ4n) is 2.46. The average molecular weight is 179 g/mol. The van der Waals surface area contributed by atoms with Gasteiger partial charge in [0, 0.05) is 19.0 Å². The van der Waals surface area contributed by atoms with Crippen molar-refractivity contribution in [1.82, 2.24) is 4.90 Å². The first-order valence-electron chi connectivity index (χ1n) is 5.54. The number of hydrogen-bond acceptors (Lipinski definition) is 1. The fraction of sp³-hybridized carbons (Fsp3) is 0.909. The van der Waals surface area contributed by atoms with Gasteiger partial charge in [0.1, 0.15) is 0 Å². The molecule has 2 atom stereocenters. The van der Waals surface area contributed by atoms with Crippen molar-refractivity contribution >= 4 is 5.91 Å². The molecule has 0 bridgehead atoms. The van der Waals surface area contributed by atoms with E-state index in [1.165, 1.54) is 12.8 Å². The molecule has 3 rings (SSSR count). The molecule has 0 radical (unpaired) electrons. The largest absolute Gasteiger partial charge is 0.342 e. The van der Waals surface area contributed by atoms with Crippen LogP contribution in [-0.2, 0) is 4.79 Å². The molecule has 0 aromatic rings. The van der Waals surface area contributed by atoms with Crippen LogP contribution < -0.4 is 0 Å². The first kappa shape index (κ1) is 7.84. The summed E-state index contributed by atoms with van der Waals surface area (Å²) in [6, 6.07) is 0. The number of hydrogen-bond donors (Lipinski definition) is 0. The zero-order valence-electron chi connectivity index (χ0n) is 8.20. The van der Waals surface area contributed by atoms with Crippen LogP contribution >= 0.6 is 0 Å². The highest BCUT2D eigenvalue weighted by atomic mass is 16.2. The third-order valence-electron chi connectivity index (χ3n) is 3.94. The van der Waals surface area contributed by atoms with Gasteiger partial charge in [-0.15, -0.1) is 0 Å². The van der Waals surface area contributed by atoms with Crippen molar-refractivity contribution in [2.75, 3.05) is 13.1 Å². The third-order valence-corrected chi connectivity index (χ3v) is 3.94. The van der Waals surface area contributed by atoms with Gasteiger partial charge in [-0.05, 0) is 37.0 Å². The Labute approximate surface area is 79.3 Å². The highest BCUT2D eigenvalue weighted by Crippen LogP contribution is 2.44. The van der Waals surface area contributed by atoms with Crippen LogP contribution in [0.3, 0.4) is 0 Å². The summed E-state index contributed by atoms with van der Waals surface area (Å²) in [6.07, 6.45) is 3.99. The zero-order chi connectivity index (χ0) is 9.00. The molecule has 2 saturated carbocycles. The van der Waals surface area contributed by atoms with Crippen molar-refractivity contribution in [3.8, 4) is 0 Å². The van der Waals surface area contributed by atoms with Gasteiger partial charge in [0.15, 0.2) is 0 Å². The van der Waals surface area contributed by atoms with Crippen LogP contribution in [0.15, 0.2) is 0 Å². The molecule has 2 nitrogen and oxygen atoms in total. The molecular formula is C11H17NO. The summed E-state index contributed by atoms with van der Waals surface area (Å²) in [5.41, 5.74) is 0. The molecular weight excluding hydrogens is 162 g/mol. The first-order chi connectivity index (χ1) is 6.25. The molecule has 1 aliphatic heterocycles. The highest BCUT2D eigenvalue weighted by Gasteiger charge is 2.47. The molecule has 2 unspecified atom stereocenters. The summed E-state index contributed by atoms with van der Waals surface area (Å²) in [7, 11) is 0. The molecule has 3 aliphatic rings. The average Bonchev–Trinajstić information content (AvgIpc) is 2.81. The van der Waals surface area contributed by atoms with Gasteiger partial charge in [0.25, 0.3) is 0 Å². The van der Waals surface area contributed by atoms with E-state index in [0.717, 1.165) is 31.3 Å². The van der Waals surface area contributed by atoms with Crippen LogP contribution in [0.25, 0.3) is 0 Å². The minimum absolute atomic E-state index is 0.403. The summed E-state index contributed by atoms with van der Waals surface area (Å²) in [4.78, 5) is 13.8. The van der Waals surface area contributed by atoms with Crippen molar-refractivity contribution in [3.63, 3.8) is 0 Å². The lowest BCUT2D eigenvalue weighted by atomic mass is 9.94. The van der Waals surface area contributed by atoms with Gasteiger partial charge in [0.05, 0.1) is 0 Å². The molecule has 0 N–H and O–H groups in total. The second-order valence-electron chi connectivity index (χ2n) is 5.16. The van der Waals surface area contributed by atoms with Gasteiger partial charge in [0.2, 0.25) is 5.91 Å². The van der Waals surface area contributed by atoms with Gasteiger partial charge >= 0.3 is 0 Å². The lowest BCUT2D eigenvalue weighted by Gasteiger charge is -2.40. The second-order valence-corrected chi connectivity index (χ2v) is 5.16. The van der Waals surface area contributed by atoms with E-state index in [-0.39, 0.29) is 0 Å². The van der Waals surface area contributed by atoms with Crippen molar-refractivity contribution in [3.05, 3.63) is 0 Å². The summed E-state index contributed by atoms with van der Waals surface area (Å²) >= 11 is 0. The Bertz CT molecular complexity index is 240. The lowest BCUT2D eigenvalue weighted by Crippen LogP contribution is -2.51. The van der Waals surface area contributed by atoms with Crippen LogP contribution in [0, 0.1) is 23.7 Å². The molecule has 2 heteroatoms. The predicted octanol–water partition coefficient (Wildman–Crippen LogP) is 1.51. The van der Waals surface area contributed by atoms with E-state index in [1.807, 2.05) is 0 Å². The summed E-state index contributed by atoms with van der Waals surface area (Å²) in [6.45, 7) is 4.33. The number of likely N-dealkylation sites (tertiary alicyclic amines) is 1. The monoisotopic (exact) mass is 179 g/mol. The first-order valence-corrected chi connectivity index (χ1v) is 5.54. The smallest absolute Gasteiger partial charge is 0.225 e. The Morgan fingerprint density at radius 3 is 2.31 bits per heavy atom. The van der Waals surface area contributed by atoms with Crippen molar-refractivity contribution in [1.29, 1.82) is 0 Å². The number of amides is 1. The standard InChI is InChI=1S/C11H17NO/c1-7-4-10(7)11(13)12-5-9(6-12)8-2-3-8/h7-10H,2-6H2,1H3. The molecule has 3 fully saturated rings. The summed E-state index contributed by atoms with van der Waals surface area (Å²) in [5, 5.41) is 0. The summed E-state index contributed by atoms with van der Waals surface area (Å²) in [5.74, 6) is 3.38. The molecule has 0 aromatic heterocycles.